The predicted molar refractivity (Wildman–Crippen MR) is 84.2 cm³/mol. The summed E-state index contributed by atoms with van der Waals surface area (Å²) in [5, 5.41) is 11.1. The summed E-state index contributed by atoms with van der Waals surface area (Å²) in [5.74, 6) is 1.55. The van der Waals surface area contributed by atoms with E-state index in [2.05, 4.69) is 31.5 Å². The van der Waals surface area contributed by atoms with Crippen LogP contribution >= 0.6 is 15.9 Å². The Labute approximate surface area is 135 Å². The highest BCUT2D eigenvalue weighted by atomic mass is 79.9. The fraction of sp³-hybridized carbons (Fsp3) is 0.133. The smallest absolute Gasteiger partial charge is 0.143 e. The van der Waals surface area contributed by atoms with Crippen LogP contribution in [-0.2, 0) is 6.61 Å². The molecule has 0 aliphatic heterocycles. The van der Waals surface area contributed by atoms with Gasteiger partial charge in [0.1, 0.15) is 24.4 Å². The first-order valence-corrected chi connectivity index (χ1v) is 7.34. The largest absolute Gasteiger partial charge is 0.496 e. The molecule has 6 nitrogen and oxygen atoms in total. The van der Waals surface area contributed by atoms with Crippen LogP contribution in [0.4, 0.5) is 0 Å². The lowest BCUT2D eigenvalue weighted by Crippen LogP contribution is -1.99. The summed E-state index contributed by atoms with van der Waals surface area (Å²) < 4.78 is 13.5. The molecule has 0 bridgehead atoms. The van der Waals surface area contributed by atoms with Crippen LogP contribution in [0.5, 0.6) is 11.5 Å². The van der Waals surface area contributed by atoms with Gasteiger partial charge in [0.05, 0.1) is 17.3 Å². The van der Waals surface area contributed by atoms with Gasteiger partial charge in [0, 0.05) is 6.07 Å². The van der Waals surface area contributed by atoms with Crippen LogP contribution < -0.4 is 9.47 Å². The van der Waals surface area contributed by atoms with E-state index < -0.39 is 0 Å². The standard InChI is InChI=1S/C15H13BrN4O2/c1-21-15-6-5-11(7-14(15)16)9-22-13-4-2-3-12(8-13)20-10-17-18-19-20/h2-8,10H,9H2,1H3. The van der Waals surface area contributed by atoms with E-state index in [1.807, 2.05) is 42.5 Å². The van der Waals surface area contributed by atoms with Crippen LogP contribution in [-0.4, -0.2) is 27.3 Å². The van der Waals surface area contributed by atoms with E-state index >= 15 is 0 Å². The van der Waals surface area contributed by atoms with Gasteiger partial charge in [-0.2, -0.15) is 0 Å². The fourth-order valence-electron chi connectivity index (χ4n) is 1.96. The molecule has 0 fully saturated rings. The number of methoxy groups -OCH3 is 1. The zero-order valence-electron chi connectivity index (χ0n) is 11.8. The topological polar surface area (TPSA) is 62.1 Å². The molecule has 3 aromatic rings. The highest BCUT2D eigenvalue weighted by molar-refractivity contribution is 9.10. The Hall–Kier alpha value is -2.41. The van der Waals surface area contributed by atoms with E-state index in [-0.39, 0.29) is 0 Å². The van der Waals surface area contributed by atoms with E-state index in [1.54, 1.807) is 18.1 Å². The lowest BCUT2D eigenvalue weighted by molar-refractivity contribution is 0.305. The third-order valence-electron chi connectivity index (χ3n) is 3.05. The Balaban J connectivity index is 1.71. The molecule has 112 valence electrons. The molecule has 0 aliphatic carbocycles. The Morgan fingerprint density at radius 3 is 2.82 bits per heavy atom. The number of hydrogen-bond donors (Lipinski definition) is 0. The molecule has 0 unspecified atom stereocenters. The number of benzene rings is 2. The van der Waals surface area contributed by atoms with Gasteiger partial charge in [-0.3, -0.25) is 0 Å². The second kappa shape index (κ2) is 6.57. The van der Waals surface area contributed by atoms with Crippen molar-refractivity contribution in [2.45, 2.75) is 6.61 Å². The summed E-state index contributed by atoms with van der Waals surface area (Å²) in [6.07, 6.45) is 1.54. The van der Waals surface area contributed by atoms with E-state index in [4.69, 9.17) is 9.47 Å². The maximum absolute atomic E-state index is 5.82. The molecular formula is C15H13BrN4O2. The highest BCUT2D eigenvalue weighted by Gasteiger charge is 2.04. The zero-order chi connectivity index (χ0) is 15.4. The number of tetrazole rings is 1. The maximum atomic E-state index is 5.82. The van der Waals surface area contributed by atoms with Crippen molar-refractivity contribution in [2.75, 3.05) is 7.11 Å². The van der Waals surface area contributed by atoms with Gasteiger partial charge in [-0.25, -0.2) is 4.68 Å². The van der Waals surface area contributed by atoms with E-state index in [0.717, 1.165) is 27.2 Å². The Kier molecular flexibility index (Phi) is 4.34. The summed E-state index contributed by atoms with van der Waals surface area (Å²) in [4.78, 5) is 0. The van der Waals surface area contributed by atoms with E-state index in [1.165, 1.54) is 0 Å². The molecule has 0 aliphatic rings. The number of nitrogens with zero attached hydrogens (tertiary/aromatic N) is 4. The van der Waals surface area contributed by atoms with Gasteiger partial charge in [-0.1, -0.05) is 12.1 Å². The van der Waals surface area contributed by atoms with Crippen molar-refractivity contribution in [2.24, 2.45) is 0 Å². The Morgan fingerprint density at radius 2 is 2.09 bits per heavy atom. The van der Waals surface area contributed by atoms with Crippen molar-refractivity contribution in [1.82, 2.24) is 20.2 Å². The first-order chi connectivity index (χ1) is 10.8. The van der Waals surface area contributed by atoms with Gasteiger partial charge in [0.2, 0.25) is 0 Å². The predicted octanol–water partition coefficient (Wildman–Crippen LogP) is 3.01. The molecule has 0 saturated carbocycles. The minimum Gasteiger partial charge on any atom is -0.496 e. The third-order valence-corrected chi connectivity index (χ3v) is 3.67. The molecule has 22 heavy (non-hydrogen) atoms. The molecular weight excluding hydrogens is 348 g/mol. The summed E-state index contributed by atoms with van der Waals surface area (Å²) in [7, 11) is 1.64. The van der Waals surface area contributed by atoms with Crippen LogP contribution in [0, 0.1) is 0 Å². The van der Waals surface area contributed by atoms with Gasteiger partial charge in [-0.15, -0.1) is 5.10 Å². The molecule has 0 amide bonds. The molecule has 1 aromatic heterocycles. The average molecular weight is 361 g/mol. The van der Waals surface area contributed by atoms with Crippen molar-refractivity contribution >= 4 is 15.9 Å². The zero-order valence-corrected chi connectivity index (χ0v) is 13.4. The van der Waals surface area contributed by atoms with Crippen molar-refractivity contribution in [1.29, 1.82) is 0 Å². The molecule has 2 aromatic carbocycles. The molecule has 7 heteroatoms. The van der Waals surface area contributed by atoms with Crippen molar-refractivity contribution in [3.8, 4) is 17.2 Å². The number of ether oxygens (including phenoxy) is 2. The second-order valence-electron chi connectivity index (χ2n) is 4.51. The summed E-state index contributed by atoms with van der Waals surface area (Å²) >= 11 is 3.47. The van der Waals surface area contributed by atoms with Gasteiger partial charge < -0.3 is 9.47 Å². The molecule has 0 radical (unpaired) electrons. The second-order valence-corrected chi connectivity index (χ2v) is 5.36. The van der Waals surface area contributed by atoms with Crippen LogP contribution in [0.1, 0.15) is 5.56 Å². The van der Waals surface area contributed by atoms with Gasteiger partial charge in [0.15, 0.2) is 0 Å². The molecule has 3 rings (SSSR count). The molecule has 0 N–H and O–H groups in total. The first kappa shape index (κ1) is 14.5. The maximum Gasteiger partial charge on any atom is 0.143 e. The van der Waals surface area contributed by atoms with Gasteiger partial charge in [0.25, 0.3) is 0 Å². The Bertz CT molecular complexity index is 762. The molecule has 0 atom stereocenters. The van der Waals surface area contributed by atoms with Crippen LogP contribution in [0.3, 0.4) is 0 Å². The molecule has 0 saturated heterocycles. The Morgan fingerprint density at radius 1 is 1.18 bits per heavy atom. The number of rotatable bonds is 5. The minimum absolute atomic E-state index is 0.460. The summed E-state index contributed by atoms with van der Waals surface area (Å²) in [5.41, 5.74) is 1.89. The van der Waals surface area contributed by atoms with Crippen molar-refractivity contribution in [3.63, 3.8) is 0 Å². The van der Waals surface area contributed by atoms with Gasteiger partial charge in [-0.05, 0) is 56.2 Å². The fourth-order valence-corrected chi connectivity index (χ4v) is 2.55. The normalized spacial score (nSPS) is 10.5. The molecule has 0 spiro atoms. The quantitative estimate of drug-likeness (QED) is 0.699. The number of hydrogen-bond acceptors (Lipinski definition) is 5. The summed E-state index contributed by atoms with van der Waals surface area (Å²) in [6, 6.07) is 13.4. The monoisotopic (exact) mass is 360 g/mol. The minimum atomic E-state index is 0.460. The van der Waals surface area contributed by atoms with Crippen molar-refractivity contribution in [3.05, 3.63) is 58.8 Å². The van der Waals surface area contributed by atoms with Crippen LogP contribution in [0.15, 0.2) is 53.3 Å². The van der Waals surface area contributed by atoms with E-state index in [0.29, 0.717) is 6.61 Å². The lowest BCUT2D eigenvalue weighted by Gasteiger charge is -2.09. The third kappa shape index (κ3) is 3.25. The highest BCUT2D eigenvalue weighted by Crippen LogP contribution is 2.26. The van der Waals surface area contributed by atoms with Gasteiger partial charge >= 0.3 is 0 Å². The lowest BCUT2D eigenvalue weighted by atomic mass is 10.2. The first-order valence-electron chi connectivity index (χ1n) is 6.55. The van der Waals surface area contributed by atoms with Crippen LogP contribution in [0.25, 0.3) is 5.69 Å². The number of aromatic nitrogens is 4. The van der Waals surface area contributed by atoms with Crippen LogP contribution in [0.2, 0.25) is 0 Å². The molecule has 1 heterocycles. The van der Waals surface area contributed by atoms with Crippen molar-refractivity contribution < 1.29 is 9.47 Å². The SMILES string of the molecule is COc1ccc(COc2cccc(-n3cnnn3)c2)cc1Br. The summed E-state index contributed by atoms with van der Waals surface area (Å²) in [6.45, 7) is 0.460. The average Bonchev–Trinajstić information content (AvgIpc) is 3.08. The number of halogens is 1. The van der Waals surface area contributed by atoms with E-state index in [9.17, 15) is 0 Å².